The van der Waals surface area contributed by atoms with Gasteiger partial charge < -0.3 is 5.32 Å². The Kier molecular flexibility index (Phi) is 4.02. The van der Waals surface area contributed by atoms with E-state index in [4.69, 9.17) is 0 Å². The molecule has 0 unspecified atom stereocenters. The zero-order chi connectivity index (χ0) is 15.5. The van der Waals surface area contributed by atoms with Crippen molar-refractivity contribution in [1.29, 1.82) is 0 Å². The Morgan fingerprint density at radius 1 is 1.32 bits per heavy atom. The van der Waals surface area contributed by atoms with Crippen LogP contribution in [0.1, 0.15) is 23.7 Å². The van der Waals surface area contributed by atoms with Crippen LogP contribution in [-0.2, 0) is 0 Å². The highest BCUT2D eigenvalue weighted by atomic mass is 32.1. The largest absolute Gasteiger partial charge is 0.352 e. The topological polar surface area (TPSA) is 63.5 Å². The maximum absolute atomic E-state index is 12.7. The highest BCUT2D eigenvalue weighted by Gasteiger charge is 2.16. The van der Waals surface area contributed by atoms with Crippen LogP contribution in [0.3, 0.4) is 0 Å². The minimum Gasteiger partial charge on any atom is -0.352 e. The van der Waals surface area contributed by atoms with Gasteiger partial charge >= 0.3 is 0 Å². The summed E-state index contributed by atoms with van der Waals surface area (Å²) >= 11 is 1.38. The Morgan fingerprint density at radius 3 is 2.82 bits per heavy atom. The Bertz CT molecular complexity index is 868. The molecule has 3 rings (SSSR count). The second-order valence-corrected chi connectivity index (χ2v) is 5.67. The first-order valence-electron chi connectivity index (χ1n) is 7.05. The van der Waals surface area contributed by atoms with E-state index >= 15 is 0 Å². The SMILES string of the molecule is CCCNC(=O)c1cnc2scc(-c3ccccc3)n2c1=O. The first kappa shape index (κ1) is 14.5. The summed E-state index contributed by atoms with van der Waals surface area (Å²) in [5, 5.41) is 4.60. The lowest BCUT2D eigenvalue weighted by molar-refractivity contribution is 0.0951. The Balaban J connectivity index is 2.14. The molecule has 1 aromatic carbocycles. The quantitative estimate of drug-likeness (QED) is 0.805. The second-order valence-electron chi connectivity index (χ2n) is 4.84. The third-order valence-corrected chi connectivity index (χ3v) is 4.14. The first-order chi connectivity index (χ1) is 10.7. The van der Waals surface area contributed by atoms with Crippen LogP contribution < -0.4 is 10.9 Å². The molecular formula is C16H15N3O2S. The Labute approximate surface area is 131 Å². The summed E-state index contributed by atoms with van der Waals surface area (Å²) in [4.78, 5) is 29.6. The second kappa shape index (κ2) is 6.11. The van der Waals surface area contributed by atoms with Crippen LogP contribution in [0.2, 0.25) is 0 Å². The van der Waals surface area contributed by atoms with Crippen molar-refractivity contribution in [1.82, 2.24) is 14.7 Å². The minimum atomic E-state index is -0.376. The van der Waals surface area contributed by atoms with Crippen LogP contribution in [0.25, 0.3) is 16.2 Å². The van der Waals surface area contributed by atoms with Gasteiger partial charge in [-0.25, -0.2) is 4.98 Å². The number of nitrogens with zero attached hydrogens (tertiary/aromatic N) is 2. The van der Waals surface area contributed by atoms with Crippen LogP contribution >= 0.6 is 11.3 Å². The zero-order valence-electron chi connectivity index (χ0n) is 12.1. The van der Waals surface area contributed by atoms with Crippen molar-refractivity contribution in [3.8, 4) is 11.3 Å². The monoisotopic (exact) mass is 313 g/mol. The van der Waals surface area contributed by atoms with Gasteiger partial charge in [-0.3, -0.25) is 14.0 Å². The van der Waals surface area contributed by atoms with Crippen molar-refractivity contribution in [2.75, 3.05) is 6.54 Å². The molecule has 0 bridgehead atoms. The molecular weight excluding hydrogens is 298 g/mol. The molecule has 0 aliphatic rings. The fourth-order valence-electron chi connectivity index (χ4n) is 2.19. The van der Waals surface area contributed by atoms with E-state index in [1.165, 1.54) is 21.9 Å². The molecule has 0 aliphatic carbocycles. The number of benzene rings is 1. The molecule has 3 aromatic rings. The number of hydrogen-bond donors (Lipinski definition) is 1. The number of hydrogen-bond acceptors (Lipinski definition) is 4. The summed E-state index contributed by atoms with van der Waals surface area (Å²) in [5.74, 6) is -0.376. The predicted octanol–water partition coefficient (Wildman–Crippen LogP) is 2.56. The van der Waals surface area contributed by atoms with Gasteiger partial charge in [-0.05, 0) is 12.0 Å². The Morgan fingerprint density at radius 2 is 2.09 bits per heavy atom. The van der Waals surface area contributed by atoms with Crippen LogP contribution in [-0.4, -0.2) is 21.8 Å². The molecule has 5 nitrogen and oxygen atoms in total. The lowest BCUT2D eigenvalue weighted by Gasteiger charge is -2.05. The molecule has 0 radical (unpaired) electrons. The van der Waals surface area contributed by atoms with Crippen LogP contribution in [0.5, 0.6) is 0 Å². The molecule has 1 N–H and O–H groups in total. The molecule has 6 heteroatoms. The summed E-state index contributed by atoms with van der Waals surface area (Å²) in [5.41, 5.74) is 1.41. The van der Waals surface area contributed by atoms with Crippen molar-refractivity contribution >= 4 is 22.2 Å². The van der Waals surface area contributed by atoms with E-state index in [0.29, 0.717) is 11.5 Å². The molecule has 0 saturated carbocycles. The number of rotatable bonds is 4. The van der Waals surface area contributed by atoms with Crippen LogP contribution in [0, 0.1) is 0 Å². The number of thiazole rings is 1. The molecule has 0 atom stereocenters. The van der Waals surface area contributed by atoms with Gasteiger partial charge in [0.1, 0.15) is 5.56 Å². The summed E-state index contributed by atoms with van der Waals surface area (Å²) < 4.78 is 1.50. The fraction of sp³-hybridized carbons (Fsp3) is 0.188. The fourth-order valence-corrected chi connectivity index (χ4v) is 3.05. The summed E-state index contributed by atoms with van der Waals surface area (Å²) in [6.07, 6.45) is 2.17. The minimum absolute atomic E-state index is 0.0709. The van der Waals surface area contributed by atoms with E-state index in [1.807, 2.05) is 42.6 Å². The van der Waals surface area contributed by atoms with E-state index in [2.05, 4.69) is 10.3 Å². The molecule has 22 heavy (non-hydrogen) atoms. The van der Waals surface area contributed by atoms with E-state index in [1.54, 1.807) is 0 Å². The smallest absolute Gasteiger partial charge is 0.271 e. The van der Waals surface area contributed by atoms with Gasteiger partial charge in [0.05, 0.1) is 5.69 Å². The first-order valence-corrected chi connectivity index (χ1v) is 7.93. The van der Waals surface area contributed by atoms with Crippen LogP contribution in [0.4, 0.5) is 0 Å². The molecule has 0 spiro atoms. The number of carbonyl (C=O) groups is 1. The molecule has 2 heterocycles. The van der Waals surface area contributed by atoms with Crippen molar-refractivity contribution in [2.45, 2.75) is 13.3 Å². The molecule has 0 fully saturated rings. The van der Waals surface area contributed by atoms with E-state index in [-0.39, 0.29) is 17.0 Å². The van der Waals surface area contributed by atoms with Gasteiger partial charge in [-0.2, -0.15) is 0 Å². The third-order valence-electron chi connectivity index (χ3n) is 3.30. The van der Waals surface area contributed by atoms with Gasteiger partial charge in [0.2, 0.25) is 0 Å². The zero-order valence-corrected chi connectivity index (χ0v) is 12.9. The van der Waals surface area contributed by atoms with Gasteiger partial charge in [0.15, 0.2) is 4.96 Å². The summed E-state index contributed by atoms with van der Waals surface area (Å²) in [6.45, 7) is 2.50. The summed E-state index contributed by atoms with van der Waals surface area (Å²) in [6, 6.07) is 9.60. The summed E-state index contributed by atoms with van der Waals surface area (Å²) in [7, 11) is 0. The standard InChI is InChI=1S/C16H15N3O2S/c1-2-8-17-14(20)12-9-18-16-19(15(12)21)13(10-22-16)11-6-4-3-5-7-11/h3-7,9-10H,2,8H2,1H3,(H,17,20). The van der Waals surface area contributed by atoms with Crippen molar-refractivity contribution in [3.63, 3.8) is 0 Å². The van der Waals surface area contributed by atoms with Crippen molar-refractivity contribution in [3.05, 3.63) is 57.8 Å². The van der Waals surface area contributed by atoms with Crippen molar-refractivity contribution in [2.24, 2.45) is 0 Å². The van der Waals surface area contributed by atoms with E-state index in [9.17, 15) is 9.59 Å². The average Bonchev–Trinajstić information content (AvgIpc) is 2.99. The van der Waals surface area contributed by atoms with E-state index < -0.39 is 0 Å². The highest BCUT2D eigenvalue weighted by molar-refractivity contribution is 7.15. The number of fused-ring (bicyclic) bond motifs is 1. The van der Waals surface area contributed by atoms with Gasteiger partial charge in [0.25, 0.3) is 11.5 Å². The molecule has 0 aliphatic heterocycles. The molecule has 112 valence electrons. The molecule has 0 saturated heterocycles. The molecule has 1 amide bonds. The Hall–Kier alpha value is -2.47. The number of aromatic nitrogens is 2. The van der Waals surface area contributed by atoms with Gasteiger partial charge in [0, 0.05) is 18.1 Å². The lowest BCUT2D eigenvalue weighted by Crippen LogP contribution is -2.31. The maximum atomic E-state index is 12.7. The van der Waals surface area contributed by atoms with Gasteiger partial charge in [-0.1, -0.05) is 37.3 Å². The third kappa shape index (κ3) is 2.53. The predicted molar refractivity (Wildman–Crippen MR) is 87.4 cm³/mol. The van der Waals surface area contributed by atoms with Crippen LogP contribution in [0.15, 0.2) is 46.7 Å². The van der Waals surface area contributed by atoms with Gasteiger partial charge in [-0.15, -0.1) is 11.3 Å². The number of nitrogens with one attached hydrogen (secondary N) is 1. The van der Waals surface area contributed by atoms with Crippen molar-refractivity contribution < 1.29 is 4.79 Å². The highest BCUT2D eigenvalue weighted by Crippen LogP contribution is 2.23. The average molecular weight is 313 g/mol. The molecule has 2 aromatic heterocycles. The lowest BCUT2D eigenvalue weighted by atomic mass is 10.2. The number of carbonyl (C=O) groups excluding carboxylic acids is 1. The van der Waals surface area contributed by atoms with E-state index in [0.717, 1.165) is 17.7 Å². The maximum Gasteiger partial charge on any atom is 0.271 e. The number of amides is 1. The normalized spacial score (nSPS) is 10.8.